The highest BCUT2D eigenvalue weighted by atomic mass is 16.1. The van der Waals surface area contributed by atoms with Crippen molar-refractivity contribution in [3.63, 3.8) is 0 Å². The third-order valence-electron chi connectivity index (χ3n) is 4.70. The van der Waals surface area contributed by atoms with Gasteiger partial charge in [0.25, 0.3) is 5.91 Å². The Hall–Kier alpha value is -3.99. The van der Waals surface area contributed by atoms with Crippen LogP contribution in [0, 0.1) is 13.8 Å². The Labute approximate surface area is 175 Å². The van der Waals surface area contributed by atoms with Gasteiger partial charge in [-0.3, -0.25) is 4.79 Å². The summed E-state index contributed by atoms with van der Waals surface area (Å²) < 4.78 is 0. The molecule has 2 N–H and O–H groups in total. The third-order valence-corrected chi connectivity index (χ3v) is 4.70. The number of benzene rings is 3. The summed E-state index contributed by atoms with van der Waals surface area (Å²) >= 11 is 0. The Balaban J connectivity index is 1.56. The van der Waals surface area contributed by atoms with Gasteiger partial charge in [-0.1, -0.05) is 54.6 Å². The number of rotatable bonds is 5. The number of nitrogens with one attached hydrogen (secondary N) is 2. The molecule has 3 aromatic carbocycles. The van der Waals surface area contributed by atoms with Gasteiger partial charge in [0, 0.05) is 28.6 Å². The number of aryl methyl sites for hydroxylation is 2. The molecule has 0 saturated carbocycles. The Kier molecular flexibility index (Phi) is 5.52. The van der Waals surface area contributed by atoms with Crippen LogP contribution in [-0.4, -0.2) is 15.9 Å². The first-order chi connectivity index (χ1) is 14.6. The van der Waals surface area contributed by atoms with Crippen molar-refractivity contribution in [2.45, 2.75) is 13.8 Å². The molecule has 1 aromatic heterocycles. The summed E-state index contributed by atoms with van der Waals surface area (Å²) in [5.74, 6) is 1.20. The molecule has 0 unspecified atom stereocenters. The quantitative estimate of drug-likeness (QED) is 0.452. The smallest absolute Gasteiger partial charge is 0.255 e. The summed E-state index contributed by atoms with van der Waals surface area (Å²) in [4.78, 5) is 21.7. The maximum atomic E-state index is 12.7. The van der Waals surface area contributed by atoms with E-state index in [4.69, 9.17) is 0 Å². The van der Waals surface area contributed by atoms with Crippen LogP contribution >= 0.6 is 0 Å². The fraction of sp³-hybridized carbons (Fsp3) is 0.0800. The van der Waals surface area contributed by atoms with Gasteiger partial charge in [-0.2, -0.15) is 0 Å². The number of carbonyl (C=O) groups is 1. The molecule has 0 aliphatic rings. The van der Waals surface area contributed by atoms with E-state index in [1.165, 1.54) is 0 Å². The van der Waals surface area contributed by atoms with Crippen LogP contribution in [0.4, 0.5) is 17.2 Å². The molecular formula is C25H22N4O. The maximum Gasteiger partial charge on any atom is 0.255 e. The first kappa shape index (κ1) is 19.3. The van der Waals surface area contributed by atoms with Gasteiger partial charge >= 0.3 is 0 Å². The summed E-state index contributed by atoms with van der Waals surface area (Å²) in [7, 11) is 0. The molecule has 4 aromatic rings. The average molecular weight is 394 g/mol. The first-order valence-corrected chi connectivity index (χ1v) is 9.74. The molecule has 0 spiro atoms. The Bertz CT molecular complexity index is 1190. The molecule has 0 fully saturated rings. The summed E-state index contributed by atoms with van der Waals surface area (Å²) in [5.41, 5.74) is 5.04. The molecule has 5 heteroatoms. The molecule has 1 heterocycles. The van der Waals surface area contributed by atoms with Gasteiger partial charge in [0.15, 0.2) is 0 Å². The predicted molar refractivity (Wildman–Crippen MR) is 121 cm³/mol. The van der Waals surface area contributed by atoms with Crippen LogP contribution < -0.4 is 10.6 Å². The minimum atomic E-state index is -0.156. The monoisotopic (exact) mass is 394 g/mol. The van der Waals surface area contributed by atoms with E-state index in [-0.39, 0.29) is 5.91 Å². The van der Waals surface area contributed by atoms with E-state index < -0.39 is 0 Å². The van der Waals surface area contributed by atoms with Crippen molar-refractivity contribution in [2.24, 2.45) is 0 Å². The van der Waals surface area contributed by atoms with E-state index in [9.17, 15) is 4.79 Å². The highest BCUT2D eigenvalue weighted by Gasteiger charge is 2.09. The van der Waals surface area contributed by atoms with Crippen molar-refractivity contribution < 1.29 is 4.79 Å². The van der Waals surface area contributed by atoms with Crippen molar-refractivity contribution in [1.82, 2.24) is 9.97 Å². The van der Waals surface area contributed by atoms with Gasteiger partial charge in [-0.25, -0.2) is 9.97 Å². The molecule has 4 rings (SSSR count). The Morgan fingerprint density at radius 3 is 2.37 bits per heavy atom. The maximum absolute atomic E-state index is 12.7. The van der Waals surface area contributed by atoms with E-state index in [1.54, 1.807) is 6.07 Å². The lowest BCUT2D eigenvalue weighted by Gasteiger charge is -2.11. The van der Waals surface area contributed by atoms with Crippen molar-refractivity contribution in [1.29, 1.82) is 0 Å². The van der Waals surface area contributed by atoms with Crippen molar-refractivity contribution in [2.75, 3.05) is 10.6 Å². The predicted octanol–water partition coefficient (Wildman–Crippen LogP) is 5.76. The second-order valence-corrected chi connectivity index (χ2v) is 7.03. The Morgan fingerprint density at radius 2 is 1.57 bits per heavy atom. The number of hydrogen-bond acceptors (Lipinski definition) is 4. The van der Waals surface area contributed by atoms with Crippen LogP contribution in [0.5, 0.6) is 0 Å². The number of anilines is 3. The second-order valence-electron chi connectivity index (χ2n) is 7.03. The normalized spacial score (nSPS) is 10.5. The third kappa shape index (κ3) is 4.52. The van der Waals surface area contributed by atoms with Crippen molar-refractivity contribution in [3.05, 3.63) is 102 Å². The fourth-order valence-electron chi connectivity index (χ4n) is 3.18. The van der Waals surface area contributed by atoms with E-state index in [0.717, 1.165) is 28.2 Å². The molecule has 0 aliphatic heterocycles. The molecule has 0 atom stereocenters. The van der Waals surface area contributed by atoms with Gasteiger partial charge in [-0.15, -0.1) is 0 Å². The lowest BCUT2D eigenvalue weighted by molar-refractivity contribution is 0.102. The number of nitrogens with zero attached hydrogens (tertiary/aromatic N) is 2. The molecule has 0 aliphatic carbocycles. The SMILES string of the molecule is Cc1nc(Nc2cccc(C(=O)Nc3ccccc3C)c2)cc(-c2ccccc2)n1. The molecule has 0 saturated heterocycles. The van der Waals surface area contributed by atoms with Crippen LogP contribution in [0.2, 0.25) is 0 Å². The lowest BCUT2D eigenvalue weighted by atomic mass is 10.1. The molecule has 30 heavy (non-hydrogen) atoms. The zero-order valence-electron chi connectivity index (χ0n) is 16.9. The molecule has 0 radical (unpaired) electrons. The molecule has 0 bridgehead atoms. The zero-order chi connectivity index (χ0) is 20.9. The lowest BCUT2D eigenvalue weighted by Crippen LogP contribution is -2.13. The molecule has 148 valence electrons. The number of carbonyl (C=O) groups excluding carboxylic acids is 1. The minimum absolute atomic E-state index is 0.156. The van der Waals surface area contributed by atoms with Crippen LogP contribution in [0.15, 0.2) is 84.9 Å². The summed E-state index contributed by atoms with van der Waals surface area (Å²) in [6, 6.07) is 27.0. The van der Waals surface area contributed by atoms with Gasteiger partial charge < -0.3 is 10.6 Å². The summed E-state index contributed by atoms with van der Waals surface area (Å²) in [6.45, 7) is 3.83. The number of para-hydroxylation sites is 1. The number of aromatic nitrogens is 2. The van der Waals surface area contributed by atoms with Gasteiger partial charge in [-0.05, 0) is 43.7 Å². The van der Waals surface area contributed by atoms with Crippen molar-refractivity contribution >= 4 is 23.1 Å². The standard InChI is InChI=1S/C25H22N4O/c1-17-9-6-7-14-22(17)29-25(30)20-12-8-13-21(15-20)28-24-16-23(26-18(2)27-24)19-10-4-3-5-11-19/h3-16H,1-2H3,(H,29,30)(H,26,27,28). The van der Waals surface area contributed by atoms with Crippen LogP contribution in [0.1, 0.15) is 21.7 Å². The highest BCUT2D eigenvalue weighted by molar-refractivity contribution is 6.05. The largest absolute Gasteiger partial charge is 0.340 e. The van der Waals surface area contributed by atoms with Gasteiger partial charge in [0.2, 0.25) is 0 Å². The highest BCUT2D eigenvalue weighted by Crippen LogP contribution is 2.23. The van der Waals surface area contributed by atoms with Gasteiger partial charge in [0.1, 0.15) is 11.6 Å². The summed E-state index contributed by atoms with van der Waals surface area (Å²) in [6.07, 6.45) is 0. The molecule has 5 nitrogen and oxygen atoms in total. The van der Waals surface area contributed by atoms with Crippen LogP contribution in [-0.2, 0) is 0 Å². The van der Waals surface area contributed by atoms with E-state index in [2.05, 4.69) is 20.6 Å². The topological polar surface area (TPSA) is 66.9 Å². The van der Waals surface area contributed by atoms with E-state index in [0.29, 0.717) is 17.2 Å². The molecule has 1 amide bonds. The fourth-order valence-corrected chi connectivity index (χ4v) is 3.18. The van der Waals surface area contributed by atoms with Crippen LogP contribution in [0.3, 0.4) is 0 Å². The van der Waals surface area contributed by atoms with E-state index >= 15 is 0 Å². The van der Waals surface area contributed by atoms with Crippen molar-refractivity contribution in [3.8, 4) is 11.3 Å². The summed E-state index contributed by atoms with van der Waals surface area (Å²) in [5, 5.41) is 6.26. The van der Waals surface area contributed by atoms with E-state index in [1.807, 2.05) is 92.7 Å². The zero-order valence-corrected chi connectivity index (χ0v) is 16.9. The second kappa shape index (κ2) is 8.57. The van der Waals surface area contributed by atoms with Gasteiger partial charge in [0.05, 0.1) is 5.69 Å². The molecular weight excluding hydrogens is 372 g/mol. The number of hydrogen-bond donors (Lipinski definition) is 2. The average Bonchev–Trinajstić information content (AvgIpc) is 2.76. The minimum Gasteiger partial charge on any atom is -0.340 e. The number of amides is 1. The van der Waals surface area contributed by atoms with Crippen LogP contribution in [0.25, 0.3) is 11.3 Å². The Morgan fingerprint density at radius 1 is 0.800 bits per heavy atom. The first-order valence-electron chi connectivity index (χ1n) is 9.74.